The second-order valence-corrected chi connectivity index (χ2v) is 17.0. The van der Waals surface area contributed by atoms with E-state index in [1.54, 1.807) is 0 Å². The molecule has 0 radical (unpaired) electrons. The molecule has 3 atom stereocenters. The Bertz CT molecular complexity index is 703. The van der Waals surface area contributed by atoms with Gasteiger partial charge < -0.3 is 20.6 Å². The van der Waals surface area contributed by atoms with Crippen molar-refractivity contribution in [3.63, 3.8) is 0 Å². The van der Waals surface area contributed by atoms with Crippen LogP contribution in [0.25, 0.3) is 0 Å². The summed E-state index contributed by atoms with van der Waals surface area (Å²) >= 11 is 0. The van der Waals surface area contributed by atoms with E-state index in [1.807, 2.05) is 0 Å². The smallest absolute Gasteiger partial charge is 0.220 e. The zero-order valence-electron chi connectivity index (χ0n) is 36.2. The minimum absolute atomic E-state index is 0.138. The lowest BCUT2D eigenvalue weighted by Gasteiger charge is -2.26. The first-order chi connectivity index (χ1) is 26.1. The molecule has 0 aromatic carbocycles. The Hall–Kier alpha value is -0.650. The van der Waals surface area contributed by atoms with Crippen LogP contribution in [0.4, 0.5) is 0 Å². The van der Waals surface area contributed by atoms with Crippen LogP contribution in [0, 0.1) is 0 Å². The molecule has 0 fully saturated rings. The van der Waals surface area contributed by atoms with Crippen LogP contribution in [0.15, 0.2) is 0 Å². The molecule has 0 saturated carbocycles. The van der Waals surface area contributed by atoms with Gasteiger partial charge in [0.15, 0.2) is 0 Å². The van der Waals surface area contributed by atoms with Crippen molar-refractivity contribution >= 4 is 5.91 Å². The van der Waals surface area contributed by atoms with Crippen LogP contribution in [-0.2, 0) is 4.79 Å². The molecule has 0 bridgehead atoms. The normalized spacial score (nSPS) is 13.4. The monoisotopic (exact) mass is 752 g/mol. The van der Waals surface area contributed by atoms with Crippen LogP contribution < -0.4 is 5.32 Å². The SMILES string of the molecule is CCCCCCCCCCCCCCCCCCCCCCC(=O)NC(CO)C(O)C(O)CCCCCCCCCCCCCCCCCCCCC. The molecule has 0 aromatic heterocycles. The summed E-state index contributed by atoms with van der Waals surface area (Å²) in [7, 11) is 0. The molecule has 0 aliphatic heterocycles. The molecule has 0 aliphatic carbocycles. The van der Waals surface area contributed by atoms with Gasteiger partial charge in [0.2, 0.25) is 5.91 Å². The van der Waals surface area contributed by atoms with Gasteiger partial charge in [-0.25, -0.2) is 0 Å². The third-order valence-corrected chi connectivity index (χ3v) is 11.7. The summed E-state index contributed by atoms with van der Waals surface area (Å²) in [5.41, 5.74) is 0. The highest BCUT2D eigenvalue weighted by molar-refractivity contribution is 5.76. The van der Waals surface area contributed by atoms with Crippen LogP contribution in [0.5, 0.6) is 0 Å². The van der Waals surface area contributed by atoms with Gasteiger partial charge >= 0.3 is 0 Å². The van der Waals surface area contributed by atoms with Crippen molar-refractivity contribution in [2.75, 3.05) is 6.61 Å². The van der Waals surface area contributed by atoms with Gasteiger partial charge in [-0.1, -0.05) is 258 Å². The van der Waals surface area contributed by atoms with E-state index in [0.717, 1.165) is 32.1 Å². The zero-order valence-corrected chi connectivity index (χ0v) is 36.2. The molecule has 0 spiro atoms. The molecule has 318 valence electrons. The standard InChI is InChI=1S/C48H97NO4/c1-3-5-7-9-11-13-15-17-19-21-23-25-27-29-31-33-35-37-39-41-43-47(52)49-45(44-50)48(53)46(51)42-40-38-36-34-32-30-28-26-24-22-20-18-16-14-12-10-8-6-4-2/h45-46,48,50-51,53H,3-44H2,1-2H3,(H,49,52). The first-order valence-corrected chi connectivity index (χ1v) is 24.3. The average molecular weight is 752 g/mol. The third-order valence-electron chi connectivity index (χ3n) is 11.7. The van der Waals surface area contributed by atoms with E-state index < -0.39 is 18.2 Å². The van der Waals surface area contributed by atoms with Gasteiger partial charge in [-0.2, -0.15) is 0 Å². The fraction of sp³-hybridized carbons (Fsp3) is 0.979. The molecule has 0 aliphatic rings. The lowest BCUT2D eigenvalue weighted by atomic mass is 9.99. The molecule has 0 heterocycles. The van der Waals surface area contributed by atoms with Crippen molar-refractivity contribution in [2.24, 2.45) is 0 Å². The number of carbonyl (C=O) groups excluding carboxylic acids is 1. The fourth-order valence-corrected chi connectivity index (χ4v) is 7.93. The van der Waals surface area contributed by atoms with E-state index in [2.05, 4.69) is 19.2 Å². The van der Waals surface area contributed by atoms with Crippen molar-refractivity contribution in [2.45, 2.75) is 295 Å². The Kier molecular flexibility index (Phi) is 43.5. The third kappa shape index (κ3) is 39.4. The van der Waals surface area contributed by atoms with Gasteiger partial charge in [0.1, 0.15) is 6.10 Å². The molecule has 3 unspecified atom stereocenters. The summed E-state index contributed by atoms with van der Waals surface area (Å²) in [6, 6.07) is -0.803. The largest absolute Gasteiger partial charge is 0.394 e. The van der Waals surface area contributed by atoms with Crippen LogP contribution in [-0.4, -0.2) is 46.1 Å². The molecule has 0 rings (SSSR count). The van der Waals surface area contributed by atoms with Crippen molar-refractivity contribution in [1.29, 1.82) is 0 Å². The van der Waals surface area contributed by atoms with Gasteiger partial charge in [-0.3, -0.25) is 4.79 Å². The average Bonchev–Trinajstić information content (AvgIpc) is 3.16. The molecule has 5 heteroatoms. The number of rotatable bonds is 45. The van der Waals surface area contributed by atoms with E-state index in [9.17, 15) is 20.1 Å². The van der Waals surface area contributed by atoms with Gasteiger partial charge in [0.25, 0.3) is 0 Å². The molecule has 1 amide bonds. The number of aliphatic hydroxyl groups is 3. The van der Waals surface area contributed by atoms with Crippen LogP contribution in [0.3, 0.4) is 0 Å². The second kappa shape index (κ2) is 44.1. The number of unbranched alkanes of at least 4 members (excludes halogenated alkanes) is 37. The number of aliphatic hydroxyl groups excluding tert-OH is 3. The summed E-state index contributed by atoms with van der Waals surface area (Å²) in [4.78, 5) is 12.5. The maximum absolute atomic E-state index is 12.5. The minimum Gasteiger partial charge on any atom is -0.394 e. The number of hydrogen-bond donors (Lipinski definition) is 4. The molecular formula is C48H97NO4. The molecule has 0 aromatic rings. The van der Waals surface area contributed by atoms with Crippen molar-refractivity contribution in [1.82, 2.24) is 5.32 Å². The summed E-state index contributed by atoms with van der Waals surface area (Å²) in [5.74, 6) is -0.138. The Morgan fingerprint density at radius 1 is 0.396 bits per heavy atom. The maximum Gasteiger partial charge on any atom is 0.220 e. The van der Waals surface area contributed by atoms with Crippen LogP contribution in [0.2, 0.25) is 0 Å². The van der Waals surface area contributed by atoms with Crippen molar-refractivity contribution in [3.8, 4) is 0 Å². The first-order valence-electron chi connectivity index (χ1n) is 24.3. The lowest BCUT2D eigenvalue weighted by molar-refractivity contribution is -0.124. The quantitative estimate of drug-likeness (QED) is 0.0466. The minimum atomic E-state index is -1.13. The van der Waals surface area contributed by atoms with Gasteiger partial charge in [-0.05, 0) is 12.8 Å². The number of hydrogen-bond acceptors (Lipinski definition) is 4. The highest BCUT2D eigenvalue weighted by atomic mass is 16.3. The Morgan fingerprint density at radius 3 is 0.906 bits per heavy atom. The van der Waals surface area contributed by atoms with E-state index in [0.29, 0.717) is 12.8 Å². The van der Waals surface area contributed by atoms with E-state index in [4.69, 9.17) is 0 Å². The Morgan fingerprint density at radius 2 is 0.642 bits per heavy atom. The van der Waals surface area contributed by atoms with Crippen molar-refractivity contribution in [3.05, 3.63) is 0 Å². The summed E-state index contributed by atoms with van der Waals surface area (Å²) in [5, 5.41) is 33.7. The maximum atomic E-state index is 12.5. The zero-order chi connectivity index (χ0) is 38.7. The van der Waals surface area contributed by atoms with Gasteiger partial charge in [0.05, 0.1) is 18.8 Å². The Balaban J connectivity index is 3.55. The van der Waals surface area contributed by atoms with Gasteiger partial charge in [0, 0.05) is 6.42 Å². The summed E-state index contributed by atoms with van der Waals surface area (Å²) in [6.45, 7) is 4.21. The Labute approximate surface area is 332 Å². The van der Waals surface area contributed by atoms with E-state index >= 15 is 0 Å². The predicted molar refractivity (Wildman–Crippen MR) is 232 cm³/mol. The summed E-state index contributed by atoms with van der Waals surface area (Å²) < 4.78 is 0. The van der Waals surface area contributed by atoms with Crippen LogP contribution >= 0.6 is 0 Å². The topological polar surface area (TPSA) is 89.8 Å². The number of nitrogens with one attached hydrogen (secondary N) is 1. The number of carbonyl (C=O) groups is 1. The van der Waals surface area contributed by atoms with E-state index in [-0.39, 0.29) is 12.5 Å². The fourth-order valence-electron chi connectivity index (χ4n) is 7.93. The molecular weight excluding hydrogens is 655 g/mol. The molecule has 4 N–H and O–H groups in total. The first kappa shape index (κ1) is 52.3. The number of amides is 1. The highest BCUT2D eigenvalue weighted by Gasteiger charge is 2.26. The lowest BCUT2D eigenvalue weighted by Crippen LogP contribution is -2.50. The van der Waals surface area contributed by atoms with Crippen LogP contribution in [0.1, 0.15) is 277 Å². The molecule has 0 saturated heterocycles. The second-order valence-electron chi connectivity index (χ2n) is 17.0. The van der Waals surface area contributed by atoms with Gasteiger partial charge in [-0.15, -0.1) is 0 Å². The summed E-state index contributed by atoms with van der Waals surface area (Å²) in [6.07, 6.45) is 50.8. The van der Waals surface area contributed by atoms with E-state index in [1.165, 1.54) is 218 Å². The van der Waals surface area contributed by atoms with Crippen molar-refractivity contribution < 1.29 is 20.1 Å². The predicted octanol–water partition coefficient (Wildman–Crippen LogP) is 14.2. The highest BCUT2D eigenvalue weighted by Crippen LogP contribution is 2.18. The molecule has 5 nitrogen and oxygen atoms in total. The molecule has 53 heavy (non-hydrogen) atoms.